The van der Waals surface area contributed by atoms with E-state index in [9.17, 15) is 18.3 Å². The van der Waals surface area contributed by atoms with E-state index in [0.29, 0.717) is 23.6 Å². The molecule has 8 heteroatoms. The summed E-state index contributed by atoms with van der Waals surface area (Å²) < 4.78 is 30.0. The zero-order valence-electron chi connectivity index (χ0n) is 22.3. The van der Waals surface area contributed by atoms with Gasteiger partial charge in [-0.05, 0) is 80.5 Å². The number of fused-ring (bicyclic) bond motifs is 2. The quantitative estimate of drug-likeness (QED) is 0.632. The predicted molar refractivity (Wildman–Crippen MR) is 142 cm³/mol. The number of hydrogen-bond donors (Lipinski definition) is 2. The van der Waals surface area contributed by atoms with Gasteiger partial charge in [0.05, 0.1) is 12.7 Å². The Labute approximate surface area is 214 Å². The van der Waals surface area contributed by atoms with Crippen molar-refractivity contribution >= 4 is 9.84 Å². The SMILES string of the molecule is CC.COc1ccc(C)c(C23CCN(CC4CC4)C(C)C2(O)Cc2cc(S(C)(=O)=O)c(=O)[nH]c2C3)c1. The molecule has 0 radical (unpaired) electrons. The Kier molecular flexibility index (Phi) is 7.18. The summed E-state index contributed by atoms with van der Waals surface area (Å²) in [6.45, 7) is 9.98. The zero-order valence-corrected chi connectivity index (χ0v) is 23.2. The summed E-state index contributed by atoms with van der Waals surface area (Å²) in [5, 5.41) is 12.6. The second kappa shape index (κ2) is 9.62. The third-order valence-electron chi connectivity index (χ3n) is 8.56. The van der Waals surface area contributed by atoms with Crippen LogP contribution >= 0.6 is 0 Å². The van der Waals surface area contributed by atoms with Crippen LogP contribution in [0.25, 0.3) is 0 Å². The fraction of sp³-hybridized carbons (Fsp3) is 0.607. The van der Waals surface area contributed by atoms with Gasteiger partial charge >= 0.3 is 0 Å². The third-order valence-corrected chi connectivity index (χ3v) is 9.66. The zero-order chi connectivity index (χ0) is 26.5. The monoisotopic (exact) mass is 516 g/mol. The maximum Gasteiger partial charge on any atom is 0.266 e. The highest BCUT2D eigenvalue weighted by Gasteiger charge is 2.61. The van der Waals surface area contributed by atoms with Crippen molar-refractivity contribution in [1.82, 2.24) is 9.88 Å². The van der Waals surface area contributed by atoms with Gasteiger partial charge in [0.15, 0.2) is 9.84 Å². The number of benzene rings is 1. The summed E-state index contributed by atoms with van der Waals surface area (Å²) in [6, 6.07) is 7.33. The first-order valence-electron chi connectivity index (χ1n) is 13.1. The minimum absolute atomic E-state index is 0.130. The number of piperidine rings is 1. The molecular weight excluding hydrogens is 476 g/mol. The molecule has 3 unspecified atom stereocenters. The summed E-state index contributed by atoms with van der Waals surface area (Å²) in [6.07, 6.45) is 4.98. The van der Waals surface area contributed by atoms with Crippen LogP contribution in [0.2, 0.25) is 0 Å². The molecule has 36 heavy (non-hydrogen) atoms. The Morgan fingerprint density at radius 1 is 1.19 bits per heavy atom. The molecule has 2 N–H and O–H groups in total. The van der Waals surface area contributed by atoms with Crippen molar-refractivity contribution in [1.29, 1.82) is 0 Å². The second-order valence-corrected chi connectivity index (χ2v) is 12.6. The number of ether oxygens (including phenoxy) is 1. The first kappa shape index (κ1) is 26.9. The van der Waals surface area contributed by atoms with Gasteiger partial charge in [0.25, 0.3) is 5.56 Å². The molecule has 0 bridgehead atoms. The molecule has 2 heterocycles. The molecule has 5 rings (SSSR count). The number of aryl methyl sites for hydroxylation is 1. The molecule has 7 nitrogen and oxygen atoms in total. The van der Waals surface area contributed by atoms with E-state index < -0.39 is 26.4 Å². The lowest BCUT2D eigenvalue weighted by molar-refractivity contribution is -0.139. The van der Waals surface area contributed by atoms with Crippen molar-refractivity contribution in [3.8, 4) is 5.75 Å². The van der Waals surface area contributed by atoms with E-state index in [1.165, 1.54) is 18.9 Å². The lowest BCUT2D eigenvalue weighted by Gasteiger charge is -2.60. The topological polar surface area (TPSA) is 99.7 Å². The van der Waals surface area contributed by atoms with Crippen LogP contribution in [0.3, 0.4) is 0 Å². The van der Waals surface area contributed by atoms with E-state index in [1.807, 2.05) is 32.0 Å². The van der Waals surface area contributed by atoms with Gasteiger partial charge in [-0.25, -0.2) is 8.42 Å². The largest absolute Gasteiger partial charge is 0.497 e. The molecule has 0 spiro atoms. The number of rotatable bonds is 5. The van der Waals surface area contributed by atoms with Crippen LogP contribution in [-0.2, 0) is 28.1 Å². The van der Waals surface area contributed by atoms with E-state index in [4.69, 9.17) is 4.74 Å². The number of hydrogen-bond acceptors (Lipinski definition) is 6. The molecule has 2 aromatic rings. The number of aromatic nitrogens is 1. The number of aliphatic hydroxyl groups is 1. The highest BCUT2D eigenvalue weighted by atomic mass is 32.2. The van der Waals surface area contributed by atoms with Crippen molar-refractivity contribution < 1.29 is 18.3 Å². The van der Waals surface area contributed by atoms with Crippen molar-refractivity contribution in [3.05, 3.63) is 57.0 Å². The predicted octanol–water partition coefficient (Wildman–Crippen LogP) is 3.39. The number of aromatic amines is 1. The minimum Gasteiger partial charge on any atom is -0.497 e. The molecule has 1 aromatic carbocycles. The fourth-order valence-electron chi connectivity index (χ4n) is 6.37. The van der Waals surface area contributed by atoms with Gasteiger partial charge in [-0.15, -0.1) is 0 Å². The van der Waals surface area contributed by atoms with Gasteiger partial charge in [-0.2, -0.15) is 0 Å². The Morgan fingerprint density at radius 3 is 2.50 bits per heavy atom. The average Bonchev–Trinajstić information content (AvgIpc) is 3.66. The van der Waals surface area contributed by atoms with E-state index >= 15 is 0 Å². The van der Waals surface area contributed by atoms with Crippen LogP contribution in [0.15, 0.2) is 34.0 Å². The van der Waals surface area contributed by atoms with Crippen LogP contribution < -0.4 is 10.3 Å². The smallest absolute Gasteiger partial charge is 0.266 e. The maximum atomic E-state index is 12.7. The van der Waals surface area contributed by atoms with Crippen molar-refractivity contribution in [2.75, 3.05) is 26.5 Å². The van der Waals surface area contributed by atoms with Gasteiger partial charge in [-0.3, -0.25) is 9.69 Å². The van der Waals surface area contributed by atoms with Crippen LogP contribution in [0.1, 0.15) is 62.4 Å². The third kappa shape index (κ3) is 4.41. The molecule has 0 amide bonds. The number of pyridine rings is 1. The van der Waals surface area contributed by atoms with Gasteiger partial charge in [0.2, 0.25) is 0 Å². The van der Waals surface area contributed by atoms with Gasteiger partial charge in [0, 0.05) is 42.8 Å². The molecule has 1 aliphatic heterocycles. The number of methoxy groups -OCH3 is 1. The first-order valence-corrected chi connectivity index (χ1v) is 14.9. The lowest BCUT2D eigenvalue weighted by Crippen LogP contribution is -2.71. The molecule has 1 saturated heterocycles. The molecule has 1 aromatic heterocycles. The Bertz CT molecular complexity index is 1300. The first-order chi connectivity index (χ1) is 17.0. The second-order valence-electron chi connectivity index (χ2n) is 10.6. The van der Waals surface area contributed by atoms with Gasteiger partial charge in [-0.1, -0.05) is 19.9 Å². The minimum atomic E-state index is -3.68. The van der Waals surface area contributed by atoms with Crippen LogP contribution in [-0.4, -0.2) is 61.5 Å². The highest BCUT2D eigenvalue weighted by Crippen LogP contribution is 2.54. The molecule has 1 saturated carbocycles. The van der Waals surface area contributed by atoms with Crippen LogP contribution in [0.4, 0.5) is 0 Å². The Morgan fingerprint density at radius 2 is 1.89 bits per heavy atom. The number of sulfone groups is 1. The standard InChI is InChI=1S/C26H34N2O5S.C2H6/c1-16-5-8-20(33-3)12-21(16)25-9-10-28(15-18-6-7-18)17(2)26(25,30)13-19-11-23(34(4,31)32)24(29)27-22(19)14-25;1-2/h5,8,11-12,17-18,30H,6-7,9-10,13-15H2,1-4H3,(H,27,29);1-2H3. The summed E-state index contributed by atoms with van der Waals surface area (Å²) in [4.78, 5) is 17.7. The summed E-state index contributed by atoms with van der Waals surface area (Å²) in [5.41, 5.74) is 1.16. The summed E-state index contributed by atoms with van der Waals surface area (Å²) >= 11 is 0. The Balaban J connectivity index is 0.00000148. The average molecular weight is 517 g/mol. The van der Waals surface area contributed by atoms with Gasteiger partial charge < -0.3 is 14.8 Å². The molecular formula is C28H40N2O5S. The lowest BCUT2D eigenvalue weighted by atomic mass is 9.53. The number of nitrogens with zero attached hydrogens (tertiary/aromatic N) is 1. The molecule has 3 atom stereocenters. The molecule has 3 aliphatic rings. The van der Waals surface area contributed by atoms with Crippen molar-refractivity contribution in [2.45, 2.75) is 81.8 Å². The molecule has 2 aliphatic carbocycles. The number of H-pyrrole nitrogens is 1. The molecule has 2 fully saturated rings. The van der Waals surface area contributed by atoms with Crippen LogP contribution in [0.5, 0.6) is 5.75 Å². The normalized spacial score (nSPS) is 27.9. The molecule has 198 valence electrons. The van der Waals surface area contributed by atoms with E-state index in [2.05, 4.69) is 23.7 Å². The highest BCUT2D eigenvalue weighted by molar-refractivity contribution is 7.90. The Hall–Kier alpha value is -2.16. The number of nitrogens with one attached hydrogen (secondary N) is 1. The number of likely N-dealkylation sites (tertiary alicyclic amines) is 1. The van der Waals surface area contributed by atoms with E-state index in [0.717, 1.165) is 42.6 Å². The van der Waals surface area contributed by atoms with E-state index in [1.54, 1.807) is 7.11 Å². The maximum absolute atomic E-state index is 12.7. The van der Waals surface area contributed by atoms with Gasteiger partial charge in [0.1, 0.15) is 10.6 Å². The van der Waals surface area contributed by atoms with E-state index in [-0.39, 0.29) is 17.4 Å². The van der Waals surface area contributed by atoms with Crippen molar-refractivity contribution in [2.24, 2.45) is 5.92 Å². The fourth-order valence-corrected chi connectivity index (χ4v) is 7.11. The van der Waals surface area contributed by atoms with Crippen molar-refractivity contribution in [3.63, 3.8) is 0 Å². The summed E-state index contributed by atoms with van der Waals surface area (Å²) in [7, 11) is -2.05. The van der Waals surface area contributed by atoms with Crippen LogP contribution in [0, 0.1) is 12.8 Å². The summed E-state index contributed by atoms with van der Waals surface area (Å²) in [5.74, 6) is 1.43.